The van der Waals surface area contributed by atoms with E-state index in [0.717, 1.165) is 37.3 Å². The average Bonchev–Trinajstić information content (AvgIpc) is 2.84. The van der Waals surface area contributed by atoms with Gasteiger partial charge in [0.05, 0.1) is 0 Å². The van der Waals surface area contributed by atoms with Crippen molar-refractivity contribution >= 4 is 23.9 Å². The summed E-state index contributed by atoms with van der Waals surface area (Å²) in [6.45, 7) is 10.2. The van der Waals surface area contributed by atoms with Crippen LogP contribution in [0.5, 0.6) is 5.75 Å². The van der Waals surface area contributed by atoms with Crippen molar-refractivity contribution in [2.45, 2.75) is 32.9 Å². The van der Waals surface area contributed by atoms with Crippen LogP contribution in [0.4, 0.5) is 5.69 Å². The largest absolute Gasteiger partial charge is 0.508 e. The minimum absolute atomic E-state index is 0.0243. The molecule has 2 aliphatic rings. The molecule has 1 amide bonds. The quantitative estimate of drug-likeness (QED) is 0.557. The van der Waals surface area contributed by atoms with E-state index >= 15 is 0 Å². The molecule has 34 heavy (non-hydrogen) atoms. The van der Waals surface area contributed by atoms with Gasteiger partial charge in [-0.05, 0) is 49.4 Å². The van der Waals surface area contributed by atoms with Gasteiger partial charge in [0.2, 0.25) is 0 Å². The molecule has 6 nitrogen and oxygen atoms in total. The lowest BCUT2D eigenvalue weighted by Gasteiger charge is -2.42. The van der Waals surface area contributed by atoms with Crippen LogP contribution in [0, 0.1) is 5.92 Å². The fourth-order valence-corrected chi connectivity index (χ4v) is 4.70. The molecule has 0 unspecified atom stereocenters. The molecular formula is C27H35BN4O2. The Kier molecular flexibility index (Phi) is 7.63. The summed E-state index contributed by atoms with van der Waals surface area (Å²) in [5, 5.41) is 16.4. The van der Waals surface area contributed by atoms with Crippen molar-refractivity contribution in [1.82, 2.24) is 15.4 Å². The molecule has 0 saturated carbocycles. The summed E-state index contributed by atoms with van der Waals surface area (Å²) in [5.74, 6) is 2.70. The molecule has 2 heterocycles. The average molecular weight is 458 g/mol. The van der Waals surface area contributed by atoms with Gasteiger partial charge in [-0.2, -0.15) is 0 Å². The van der Waals surface area contributed by atoms with E-state index in [-0.39, 0.29) is 18.8 Å². The maximum Gasteiger partial charge on any atom is 0.312 e. The van der Waals surface area contributed by atoms with Crippen molar-refractivity contribution < 1.29 is 9.90 Å². The minimum atomic E-state index is -0.0243. The third-order valence-electron chi connectivity index (χ3n) is 6.77. The molecule has 0 aromatic heterocycles. The normalized spacial score (nSPS) is 19.2. The first-order valence-corrected chi connectivity index (χ1v) is 12.2. The zero-order valence-corrected chi connectivity index (χ0v) is 20.3. The van der Waals surface area contributed by atoms with Crippen molar-refractivity contribution in [3.63, 3.8) is 0 Å². The second-order valence-electron chi connectivity index (χ2n) is 9.66. The Labute approximate surface area is 203 Å². The number of carbonyl (C=O) groups is 1. The van der Waals surface area contributed by atoms with Gasteiger partial charge in [0, 0.05) is 55.6 Å². The second-order valence-corrected chi connectivity index (χ2v) is 9.66. The van der Waals surface area contributed by atoms with E-state index in [1.54, 1.807) is 6.07 Å². The lowest BCUT2D eigenvalue weighted by atomic mass is 9.55. The summed E-state index contributed by atoms with van der Waals surface area (Å²) < 4.78 is 0. The molecule has 0 radical (unpaired) electrons. The molecule has 4 rings (SSSR count). The molecule has 1 fully saturated rings. The number of rotatable bonds is 7. The summed E-state index contributed by atoms with van der Waals surface area (Å²) in [6.07, 6.45) is 5.93. The molecule has 7 heteroatoms. The van der Waals surface area contributed by atoms with Crippen LogP contribution in [0.3, 0.4) is 0 Å². The van der Waals surface area contributed by atoms with Crippen LogP contribution in [0.25, 0.3) is 0 Å². The zero-order valence-electron chi connectivity index (χ0n) is 20.3. The van der Waals surface area contributed by atoms with Gasteiger partial charge in [0.1, 0.15) is 5.75 Å². The van der Waals surface area contributed by atoms with Crippen LogP contribution in [0.2, 0.25) is 0 Å². The number of anilines is 1. The number of allylic oxidation sites excluding steroid dienone is 2. The Balaban J connectivity index is 1.34. The van der Waals surface area contributed by atoms with Crippen LogP contribution in [-0.2, 0) is 0 Å². The van der Waals surface area contributed by atoms with E-state index in [4.69, 9.17) is 0 Å². The summed E-state index contributed by atoms with van der Waals surface area (Å²) >= 11 is 0. The fraction of sp³-hybridized carbons (Fsp3) is 0.370. The van der Waals surface area contributed by atoms with Gasteiger partial charge >= 0.3 is 6.85 Å². The van der Waals surface area contributed by atoms with Gasteiger partial charge in [-0.15, -0.1) is 0 Å². The smallest absolute Gasteiger partial charge is 0.312 e. The van der Waals surface area contributed by atoms with E-state index < -0.39 is 0 Å². The highest BCUT2D eigenvalue weighted by Crippen LogP contribution is 2.24. The molecule has 2 aromatic carbocycles. The van der Waals surface area contributed by atoms with Crippen molar-refractivity contribution in [3.8, 4) is 5.75 Å². The second kappa shape index (κ2) is 10.8. The first-order chi connectivity index (χ1) is 16.4. The molecular weight excluding hydrogens is 423 g/mol. The van der Waals surface area contributed by atoms with Gasteiger partial charge < -0.3 is 20.6 Å². The number of aromatic hydroxyl groups is 1. The van der Waals surface area contributed by atoms with Gasteiger partial charge in [-0.3, -0.25) is 9.69 Å². The van der Waals surface area contributed by atoms with E-state index in [1.807, 2.05) is 60.8 Å². The number of piperazine rings is 1. The molecule has 2 atom stereocenters. The lowest BCUT2D eigenvalue weighted by Crippen LogP contribution is -2.56. The maximum absolute atomic E-state index is 13.0. The predicted octanol–water partition coefficient (Wildman–Crippen LogP) is 2.77. The molecule has 1 saturated heterocycles. The van der Waals surface area contributed by atoms with Crippen molar-refractivity contribution in [2.24, 2.45) is 5.92 Å². The number of amides is 1. The van der Waals surface area contributed by atoms with E-state index in [9.17, 15) is 9.90 Å². The van der Waals surface area contributed by atoms with Gasteiger partial charge in [0.25, 0.3) is 5.91 Å². The van der Waals surface area contributed by atoms with Crippen LogP contribution < -0.4 is 20.9 Å². The lowest BCUT2D eigenvalue weighted by molar-refractivity contribution is 0.0903. The Morgan fingerprint density at radius 1 is 1.18 bits per heavy atom. The van der Waals surface area contributed by atoms with Crippen molar-refractivity contribution in [2.75, 3.05) is 31.1 Å². The monoisotopic (exact) mass is 458 g/mol. The molecule has 2 aliphatic heterocycles. The number of phenols is 1. The first-order valence-electron chi connectivity index (χ1n) is 12.2. The molecule has 0 spiro atoms. The Bertz CT molecular complexity index is 1040. The molecule has 0 aliphatic carbocycles. The van der Waals surface area contributed by atoms with Crippen LogP contribution in [0.15, 0.2) is 72.9 Å². The summed E-state index contributed by atoms with van der Waals surface area (Å²) in [6, 6.07) is 15.7. The highest BCUT2D eigenvalue weighted by atomic mass is 16.3. The first kappa shape index (κ1) is 24.0. The van der Waals surface area contributed by atoms with E-state index in [1.165, 1.54) is 0 Å². The molecule has 0 bridgehead atoms. The maximum atomic E-state index is 13.0. The Hall–Kier alpha value is -3.19. The van der Waals surface area contributed by atoms with Gasteiger partial charge in [0.15, 0.2) is 0 Å². The number of nitrogens with one attached hydrogen (secondary N) is 2. The third-order valence-corrected chi connectivity index (χ3v) is 6.77. The van der Waals surface area contributed by atoms with Crippen LogP contribution >= 0.6 is 0 Å². The number of nitrogens with zero attached hydrogens (tertiary/aromatic N) is 2. The topological polar surface area (TPSA) is 67.8 Å². The number of phenolic OH excluding ortho intramolecular Hbond substituents is 1. The number of hydrogen-bond acceptors (Lipinski definition) is 5. The Morgan fingerprint density at radius 2 is 1.97 bits per heavy atom. The SMILES string of the molecule is CC(C)[C@@H](CN1CCN(c2cccc(O)c2)[C@@H](C)C1)NC(=O)c1ccc(B2C=CC=CN2)cc1. The number of carbonyl (C=O) groups excluding carboxylic acids is 1. The van der Waals surface area contributed by atoms with Gasteiger partial charge in [-0.25, -0.2) is 0 Å². The Morgan fingerprint density at radius 3 is 2.62 bits per heavy atom. The zero-order chi connectivity index (χ0) is 24.1. The van der Waals surface area contributed by atoms with Crippen LogP contribution in [-0.4, -0.2) is 61.0 Å². The van der Waals surface area contributed by atoms with E-state index in [2.05, 4.69) is 47.1 Å². The summed E-state index contributed by atoms with van der Waals surface area (Å²) in [7, 11) is 0. The van der Waals surface area contributed by atoms with Crippen molar-refractivity contribution in [1.29, 1.82) is 0 Å². The van der Waals surface area contributed by atoms with E-state index in [0.29, 0.717) is 23.3 Å². The highest BCUT2D eigenvalue weighted by Gasteiger charge is 2.27. The van der Waals surface area contributed by atoms with Crippen LogP contribution in [0.1, 0.15) is 31.1 Å². The predicted molar refractivity (Wildman–Crippen MR) is 141 cm³/mol. The van der Waals surface area contributed by atoms with Crippen molar-refractivity contribution in [3.05, 3.63) is 78.4 Å². The summed E-state index contributed by atoms with van der Waals surface area (Å²) in [5.41, 5.74) is 2.88. The molecule has 3 N–H and O–H groups in total. The summed E-state index contributed by atoms with van der Waals surface area (Å²) in [4.78, 5) is 17.8. The number of benzene rings is 2. The highest BCUT2D eigenvalue weighted by molar-refractivity contribution is 6.76. The fourth-order valence-electron chi connectivity index (χ4n) is 4.70. The third kappa shape index (κ3) is 5.83. The van der Waals surface area contributed by atoms with Gasteiger partial charge in [-0.1, -0.05) is 49.6 Å². The molecule has 178 valence electrons. The number of hydrogen-bond donors (Lipinski definition) is 3. The standard InChI is InChI=1S/C27H35BN4O2/c1-20(2)26(19-31-15-16-32(21(3)18-31)24-7-6-8-25(33)17-24)30-27(34)22-9-11-23(12-10-22)28-13-4-5-14-29-28/h4-14,17,20-21,26,29,33H,15-16,18-19H2,1-3H3,(H,30,34)/t21-,26+/m0/s1. The minimum Gasteiger partial charge on any atom is -0.508 e. The molecule has 2 aromatic rings.